The fraction of sp³-hybridized carbons (Fsp3) is 0.462. The van der Waals surface area contributed by atoms with Crippen molar-refractivity contribution in [3.63, 3.8) is 0 Å². The van der Waals surface area contributed by atoms with E-state index in [-0.39, 0.29) is 11.9 Å². The summed E-state index contributed by atoms with van der Waals surface area (Å²) in [6.45, 7) is 3.20. The first-order valence-electron chi connectivity index (χ1n) is 6.25. The predicted molar refractivity (Wildman–Crippen MR) is 71.7 cm³/mol. The molecule has 1 unspecified atom stereocenters. The highest BCUT2D eigenvalue weighted by Crippen LogP contribution is 2.29. The Morgan fingerprint density at radius 2 is 2.39 bits per heavy atom. The van der Waals surface area contributed by atoms with E-state index in [0.717, 1.165) is 12.1 Å². The number of amides is 1. The van der Waals surface area contributed by atoms with Gasteiger partial charge in [-0.1, -0.05) is 6.07 Å². The Bertz CT molecular complexity index is 434. The van der Waals surface area contributed by atoms with Crippen LogP contribution in [-0.2, 0) is 4.79 Å². The third-order valence-electron chi connectivity index (χ3n) is 2.99. The fourth-order valence-corrected chi connectivity index (χ4v) is 2.04. The summed E-state index contributed by atoms with van der Waals surface area (Å²) in [6, 6.07) is 5.85. The molecule has 1 aromatic carbocycles. The molecule has 98 valence electrons. The summed E-state index contributed by atoms with van der Waals surface area (Å²) in [6.07, 6.45) is 1.48. The van der Waals surface area contributed by atoms with Gasteiger partial charge in [-0.25, -0.2) is 0 Å². The maximum absolute atomic E-state index is 11.1. The smallest absolute Gasteiger partial charge is 0.220 e. The van der Waals surface area contributed by atoms with Crippen LogP contribution in [0.3, 0.4) is 0 Å². The van der Waals surface area contributed by atoms with Gasteiger partial charge in [0.25, 0.3) is 0 Å². The fourth-order valence-electron chi connectivity index (χ4n) is 2.04. The molecule has 2 rings (SSSR count). The van der Waals surface area contributed by atoms with E-state index in [0.29, 0.717) is 31.0 Å². The lowest BCUT2D eigenvalue weighted by Crippen LogP contribution is -2.31. The van der Waals surface area contributed by atoms with Gasteiger partial charge in [-0.05, 0) is 25.5 Å². The van der Waals surface area contributed by atoms with Gasteiger partial charge in [0.1, 0.15) is 5.75 Å². The molecule has 5 heteroatoms. The Labute approximate surface area is 107 Å². The van der Waals surface area contributed by atoms with Crippen LogP contribution in [0, 0.1) is 0 Å². The summed E-state index contributed by atoms with van der Waals surface area (Å²) in [5, 5.41) is 6.16. The van der Waals surface area contributed by atoms with Gasteiger partial charge in [0, 0.05) is 19.0 Å². The maximum atomic E-state index is 11.1. The van der Waals surface area contributed by atoms with Gasteiger partial charge in [-0.2, -0.15) is 0 Å². The number of hydrogen-bond donors (Lipinski definition) is 3. The van der Waals surface area contributed by atoms with Gasteiger partial charge >= 0.3 is 0 Å². The average Bonchev–Trinajstić information content (AvgIpc) is 2.77. The lowest BCUT2D eigenvalue weighted by atomic mass is 10.2. The van der Waals surface area contributed by atoms with Gasteiger partial charge in [0.05, 0.1) is 18.0 Å². The van der Waals surface area contributed by atoms with Crippen LogP contribution in [0.1, 0.15) is 19.8 Å². The highest BCUT2D eigenvalue weighted by Gasteiger charge is 2.20. The van der Waals surface area contributed by atoms with Crippen molar-refractivity contribution in [2.75, 3.05) is 24.2 Å². The molecule has 1 atom stereocenters. The number of hydrogen-bond acceptors (Lipinski definition) is 4. The van der Waals surface area contributed by atoms with Crippen molar-refractivity contribution in [2.24, 2.45) is 0 Å². The topological polar surface area (TPSA) is 76.4 Å². The molecule has 1 aromatic rings. The van der Waals surface area contributed by atoms with E-state index >= 15 is 0 Å². The van der Waals surface area contributed by atoms with Crippen LogP contribution in [0.4, 0.5) is 11.4 Å². The van der Waals surface area contributed by atoms with Crippen LogP contribution < -0.4 is 21.1 Å². The van der Waals surface area contributed by atoms with Gasteiger partial charge in [0.15, 0.2) is 0 Å². The largest absolute Gasteiger partial charge is 0.492 e. The summed E-state index contributed by atoms with van der Waals surface area (Å²) < 4.78 is 5.43. The van der Waals surface area contributed by atoms with Crippen LogP contribution >= 0.6 is 0 Å². The Hall–Kier alpha value is -1.91. The number of carbonyl (C=O) groups excluding carboxylic acids is 1. The van der Waals surface area contributed by atoms with Crippen molar-refractivity contribution in [2.45, 2.75) is 25.8 Å². The van der Waals surface area contributed by atoms with Gasteiger partial charge in [0.2, 0.25) is 5.91 Å². The lowest BCUT2D eigenvalue weighted by Gasteiger charge is -2.15. The molecule has 1 aliphatic heterocycles. The normalized spacial score (nSPS) is 18.5. The molecule has 0 spiro atoms. The molecule has 1 saturated heterocycles. The molecule has 0 aliphatic carbocycles. The number of carbonyl (C=O) groups is 1. The molecule has 1 aliphatic rings. The second-order valence-corrected chi connectivity index (χ2v) is 4.33. The average molecular weight is 249 g/mol. The number of nitrogens with one attached hydrogen (secondary N) is 2. The maximum Gasteiger partial charge on any atom is 0.220 e. The predicted octanol–water partition coefficient (Wildman–Crippen LogP) is 1.36. The van der Waals surface area contributed by atoms with E-state index in [1.54, 1.807) is 0 Å². The zero-order chi connectivity index (χ0) is 13.0. The van der Waals surface area contributed by atoms with Crippen molar-refractivity contribution in [1.82, 2.24) is 5.32 Å². The third kappa shape index (κ3) is 2.85. The molecular weight excluding hydrogens is 230 g/mol. The van der Waals surface area contributed by atoms with Crippen LogP contribution in [-0.4, -0.2) is 25.1 Å². The van der Waals surface area contributed by atoms with E-state index < -0.39 is 0 Å². The molecule has 1 heterocycles. The van der Waals surface area contributed by atoms with E-state index in [4.69, 9.17) is 10.5 Å². The SMILES string of the molecule is CCOc1cccc(NCC2CCC(=O)N2)c1N. The Kier molecular flexibility index (Phi) is 3.92. The van der Waals surface area contributed by atoms with Crippen molar-refractivity contribution in [1.29, 1.82) is 0 Å². The zero-order valence-corrected chi connectivity index (χ0v) is 10.5. The Morgan fingerprint density at radius 3 is 3.06 bits per heavy atom. The first-order chi connectivity index (χ1) is 8.70. The highest BCUT2D eigenvalue weighted by atomic mass is 16.5. The van der Waals surface area contributed by atoms with Crippen molar-refractivity contribution >= 4 is 17.3 Å². The third-order valence-corrected chi connectivity index (χ3v) is 2.99. The van der Waals surface area contributed by atoms with Gasteiger partial charge in [-0.3, -0.25) is 4.79 Å². The summed E-state index contributed by atoms with van der Waals surface area (Å²) in [7, 11) is 0. The minimum absolute atomic E-state index is 0.123. The van der Waals surface area contributed by atoms with Crippen LogP contribution in [0.25, 0.3) is 0 Å². The number of para-hydroxylation sites is 1. The second-order valence-electron chi connectivity index (χ2n) is 4.33. The highest BCUT2D eigenvalue weighted by molar-refractivity contribution is 5.78. The summed E-state index contributed by atoms with van der Waals surface area (Å²) in [5.41, 5.74) is 7.47. The monoisotopic (exact) mass is 249 g/mol. The molecule has 0 aromatic heterocycles. The zero-order valence-electron chi connectivity index (χ0n) is 10.5. The molecular formula is C13H19N3O2. The quantitative estimate of drug-likeness (QED) is 0.689. The standard InChI is InChI=1S/C13H19N3O2/c1-2-18-11-5-3-4-10(13(11)14)15-8-9-6-7-12(17)16-9/h3-5,9,15H,2,6-8,14H2,1H3,(H,16,17). The van der Waals surface area contributed by atoms with Crippen molar-refractivity contribution in [3.05, 3.63) is 18.2 Å². The van der Waals surface area contributed by atoms with Gasteiger partial charge in [-0.15, -0.1) is 0 Å². The lowest BCUT2D eigenvalue weighted by molar-refractivity contribution is -0.119. The summed E-state index contributed by atoms with van der Waals surface area (Å²) in [5.74, 6) is 0.816. The molecule has 0 radical (unpaired) electrons. The van der Waals surface area contributed by atoms with E-state index in [2.05, 4.69) is 10.6 Å². The summed E-state index contributed by atoms with van der Waals surface area (Å²) in [4.78, 5) is 11.1. The molecule has 0 bridgehead atoms. The first-order valence-corrected chi connectivity index (χ1v) is 6.25. The number of anilines is 2. The van der Waals surface area contributed by atoms with E-state index in [1.165, 1.54) is 0 Å². The number of benzene rings is 1. The first kappa shape index (κ1) is 12.5. The van der Waals surface area contributed by atoms with Crippen molar-refractivity contribution in [3.8, 4) is 5.75 Å². The minimum atomic E-state index is 0.123. The number of rotatable bonds is 5. The molecule has 1 amide bonds. The van der Waals surface area contributed by atoms with Gasteiger partial charge < -0.3 is 21.1 Å². The van der Waals surface area contributed by atoms with E-state index in [9.17, 15) is 4.79 Å². The number of nitrogens with two attached hydrogens (primary N) is 1. The Morgan fingerprint density at radius 1 is 1.56 bits per heavy atom. The van der Waals surface area contributed by atoms with Crippen LogP contribution in [0.2, 0.25) is 0 Å². The molecule has 1 fully saturated rings. The van der Waals surface area contributed by atoms with Crippen LogP contribution in [0.5, 0.6) is 5.75 Å². The molecule has 0 saturated carbocycles. The number of nitrogen functional groups attached to an aromatic ring is 1. The Balaban J connectivity index is 1.96. The molecule has 18 heavy (non-hydrogen) atoms. The van der Waals surface area contributed by atoms with Crippen molar-refractivity contribution < 1.29 is 9.53 Å². The van der Waals surface area contributed by atoms with Crippen LogP contribution in [0.15, 0.2) is 18.2 Å². The van der Waals surface area contributed by atoms with E-state index in [1.807, 2.05) is 25.1 Å². The minimum Gasteiger partial charge on any atom is -0.492 e. The number of ether oxygens (including phenoxy) is 1. The second kappa shape index (κ2) is 5.62. The molecule has 4 N–H and O–H groups in total. The summed E-state index contributed by atoms with van der Waals surface area (Å²) >= 11 is 0. The molecule has 5 nitrogen and oxygen atoms in total.